The number of benzene rings is 2. The molecule has 1 heterocycles. The van der Waals surface area contributed by atoms with Crippen LogP contribution in [0.2, 0.25) is 5.02 Å². The van der Waals surface area contributed by atoms with E-state index in [1.807, 2.05) is 49.7 Å². The molecule has 0 radical (unpaired) electrons. The molecule has 0 saturated carbocycles. The fourth-order valence-electron chi connectivity index (χ4n) is 3.71. The van der Waals surface area contributed by atoms with Crippen LogP contribution in [0.25, 0.3) is 11.0 Å². The van der Waals surface area contributed by atoms with Crippen molar-refractivity contribution in [1.82, 2.24) is 18.8 Å². The zero-order valence-electron chi connectivity index (χ0n) is 18.9. The van der Waals surface area contributed by atoms with Gasteiger partial charge >= 0.3 is 0 Å². The van der Waals surface area contributed by atoms with E-state index in [2.05, 4.69) is 4.98 Å². The van der Waals surface area contributed by atoms with Crippen LogP contribution in [-0.2, 0) is 34.8 Å². The van der Waals surface area contributed by atoms with Crippen molar-refractivity contribution < 1.29 is 13.2 Å². The van der Waals surface area contributed by atoms with Gasteiger partial charge in [0, 0.05) is 51.6 Å². The smallest absolute Gasteiger partial charge is 0.243 e. The van der Waals surface area contributed by atoms with Crippen LogP contribution in [0.3, 0.4) is 0 Å². The molecule has 0 aliphatic heterocycles. The fraction of sp³-hybridized carbons (Fsp3) is 0.391. The highest BCUT2D eigenvalue weighted by atomic mass is 35.5. The van der Waals surface area contributed by atoms with E-state index in [0.717, 1.165) is 16.9 Å². The monoisotopic (exact) mass is 476 g/mol. The molecule has 7 nitrogen and oxygen atoms in total. The van der Waals surface area contributed by atoms with Gasteiger partial charge < -0.3 is 9.47 Å². The van der Waals surface area contributed by atoms with E-state index >= 15 is 0 Å². The summed E-state index contributed by atoms with van der Waals surface area (Å²) >= 11 is 6.20. The lowest BCUT2D eigenvalue weighted by Gasteiger charge is -2.18. The predicted molar refractivity (Wildman–Crippen MR) is 127 cm³/mol. The molecule has 172 valence electrons. The van der Waals surface area contributed by atoms with Gasteiger partial charge in [-0.1, -0.05) is 43.6 Å². The molecule has 32 heavy (non-hydrogen) atoms. The van der Waals surface area contributed by atoms with Crippen LogP contribution >= 0.6 is 11.6 Å². The van der Waals surface area contributed by atoms with Crippen LogP contribution in [0, 0.1) is 0 Å². The number of fused-ring (bicyclic) bond motifs is 1. The molecule has 3 rings (SSSR count). The summed E-state index contributed by atoms with van der Waals surface area (Å²) in [4.78, 5) is 19.1. The second kappa shape index (κ2) is 10.0. The molecule has 1 aromatic heterocycles. The molecule has 9 heteroatoms. The molecule has 2 aromatic carbocycles. The Labute approximate surface area is 194 Å². The number of carbonyl (C=O) groups excluding carboxylic acids is 1. The number of amides is 1. The number of halogens is 1. The molecular formula is C23H29ClN4O3S. The molecule has 0 bridgehead atoms. The number of hydrogen-bond acceptors (Lipinski definition) is 4. The number of imidazole rings is 1. The first kappa shape index (κ1) is 24.2. The van der Waals surface area contributed by atoms with Crippen molar-refractivity contribution in [1.29, 1.82) is 0 Å². The molecule has 1 amide bonds. The van der Waals surface area contributed by atoms with Gasteiger partial charge in [-0.25, -0.2) is 13.4 Å². The summed E-state index contributed by atoms with van der Waals surface area (Å²) in [7, 11) is 0.0770. The second-order valence-corrected chi connectivity index (χ2v) is 10.0. The van der Waals surface area contributed by atoms with Crippen molar-refractivity contribution in [2.45, 2.75) is 38.1 Å². The number of hydrogen-bond donors (Lipinski definition) is 0. The standard InChI is InChI=1S/C23H29ClN4O3S/c1-5-28(6-2)32(30,31)18-11-12-21-20(15-18)25-22(27(21)4)13-14-23(29)26(3)16-17-9-7-8-10-19(17)24/h7-12,15H,5-6,13-14,16H2,1-4H3. The minimum absolute atomic E-state index is 0.0122. The Bertz CT molecular complexity index is 1220. The van der Waals surface area contributed by atoms with E-state index in [9.17, 15) is 13.2 Å². The molecule has 0 aliphatic rings. The third kappa shape index (κ3) is 4.98. The van der Waals surface area contributed by atoms with E-state index in [4.69, 9.17) is 11.6 Å². The Morgan fingerprint density at radius 1 is 1.12 bits per heavy atom. The van der Waals surface area contributed by atoms with Crippen molar-refractivity contribution in [2.24, 2.45) is 7.05 Å². The van der Waals surface area contributed by atoms with Crippen LogP contribution in [0.4, 0.5) is 0 Å². The first-order valence-corrected chi connectivity index (χ1v) is 12.4. The van der Waals surface area contributed by atoms with Crippen LogP contribution in [0.15, 0.2) is 47.4 Å². The Morgan fingerprint density at radius 2 is 1.81 bits per heavy atom. The lowest BCUT2D eigenvalue weighted by molar-refractivity contribution is -0.130. The average molecular weight is 477 g/mol. The first-order chi connectivity index (χ1) is 15.2. The number of carbonyl (C=O) groups is 1. The average Bonchev–Trinajstić information content (AvgIpc) is 3.09. The van der Waals surface area contributed by atoms with Crippen molar-refractivity contribution in [3.63, 3.8) is 0 Å². The summed E-state index contributed by atoms with van der Waals surface area (Å²) in [5, 5.41) is 0.637. The molecule has 0 spiro atoms. The zero-order valence-corrected chi connectivity index (χ0v) is 20.4. The maximum atomic E-state index is 12.8. The Morgan fingerprint density at radius 3 is 2.47 bits per heavy atom. The normalized spacial score (nSPS) is 11.9. The van der Waals surface area contributed by atoms with Gasteiger partial charge in [0.1, 0.15) is 5.82 Å². The van der Waals surface area contributed by atoms with Crippen molar-refractivity contribution >= 4 is 38.6 Å². The van der Waals surface area contributed by atoms with Gasteiger partial charge in [-0.15, -0.1) is 0 Å². The Balaban J connectivity index is 1.74. The molecule has 0 unspecified atom stereocenters. The Hall–Kier alpha value is -2.42. The predicted octanol–water partition coefficient (Wildman–Crippen LogP) is 3.85. The van der Waals surface area contributed by atoms with Crippen molar-refractivity contribution in [2.75, 3.05) is 20.1 Å². The number of rotatable bonds is 9. The van der Waals surface area contributed by atoms with Crippen LogP contribution < -0.4 is 0 Å². The first-order valence-electron chi connectivity index (χ1n) is 10.6. The molecule has 0 aliphatic carbocycles. The van der Waals surface area contributed by atoms with E-state index in [-0.39, 0.29) is 10.8 Å². The molecule has 0 atom stereocenters. The number of sulfonamides is 1. The van der Waals surface area contributed by atoms with Crippen molar-refractivity contribution in [3.05, 3.63) is 58.9 Å². The summed E-state index contributed by atoms with van der Waals surface area (Å²) in [6.07, 6.45) is 0.748. The quantitative estimate of drug-likeness (QED) is 0.470. The van der Waals surface area contributed by atoms with Crippen LogP contribution in [-0.4, -0.2) is 53.2 Å². The Kier molecular flexibility index (Phi) is 7.59. The van der Waals surface area contributed by atoms with Gasteiger partial charge in [-0.3, -0.25) is 4.79 Å². The SMILES string of the molecule is CCN(CC)S(=O)(=O)c1ccc2c(c1)nc(CCC(=O)N(C)Cc1ccccc1Cl)n2C. The summed E-state index contributed by atoms with van der Waals surface area (Å²) in [5.74, 6) is 0.721. The molecule has 3 aromatic rings. The molecule has 0 fully saturated rings. The van der Waals surface area contributed by atoms with Gasteiger partial charge in [0.2, 0.25) is 15.9 Å². The summed E-state index contributed by atoms with van der Waals surface area (Å²) in [6.45, 7) is 4.90. The highest BCUT2D eigenvalue weighted by Crippen LogP contribution is 2.23. The highest BCUT2D eigenvalue weighted by Gasteiger charge is 2.23. The largest absolute Gasteiger partial charge is 0.341 e. The molecular weight excluding hydrogens is 448 g/mol. The fourth-order valence-corrected chi connectivity index (χ4v) is 5.38. The van der Waals surface area contributed by atoms with E-state index in [1.54, 1.807) is 30.1 Å². The molecule has 0 N–H and O–H groups in total. The minimum atomic E-state index is -3.55. The summed E-state index contributed by atoms with van der Waals surface area (Å²) in [5.41, 5.74) is 2.33. The van der Waals surface area contributed by atoms with Gasteiger partial charge in [-0.05, 0) is 29.8 Å². The lowest BCUT2D eigenvalue weighted by Crippen LogP contribution is -2.30. The lowest BCUT2D eigenvalue weighted by atomic mass is 10.2. The second-order valence-electron chi connectivity index (χ2n) is 7.67. The number of aromatic nitrogens is 2. The van der Waals surface area contributed by atoms with Gasteiger partial charge in [-0.2, -0.15) is 4.31 Å². The van der Waals surface area contributed by atoms with E-state index in [1.165, 1.54) is 4.31 Å². The molecule has 0 saturated heterocycles. The van der Waals surface area contributed by atoms with Gasteiger partial charge in [0.25, 0.3) is 0 Å². The highest BCUT2D eigenvalue weighted by molar-refractivity contribution is 7.89. The van der Waals surface area contributed by atoms with E-state index < -0.39 is 10.0 Å². The topological polar surface area (TPSA) is 75.5 Å². The maximum Gasteiger partial charge on any atom is 0.243 e. The maximum absolute atomic E-state index is 12.8. The van der Waals surface area contributed by atoms with Crippen LogP contribution in [0.5, 0.6) is 0 Å². The third-order valence-corrected chi connectivity index (χ3v) is 8.06. The zero-order chi connectivity index (χ0) is 23.5. The van der Waals surface area contributed by atoms with Crippen molar-refractivity contribution in [3.8, 4) is 0 Å². The van der Waals surface area contributed by atoms with Gasteiger partial charge in [0.05, 0.1) is 15.9 Å². The summed E-state index contributed by atoms with van der Waals surface area (Å²) in [6, 6.07) is 12.5. The third-order valence-electron chi connectivity index (χ3n) is 5.64. The van der Waals surface area contributed by atoms with E-state index in [0.29, 0.717) is 43.0 Å². The van der Waals surface area contributed by atoms with Gasteiger partial charge in [0.15, 0.2) is 0 Å². The van der Waals surface area contributed by atoms with Crippen LogP contribution in [0.1, 0.15) is 31.7 Å². The number of nitrogens with zero attached hydrogens (tertiary/aromatic N) is 4. The minimum Gasteiger partial charge on any atom is -0.341 e. The number of aryl methyl sites for hydroxylation is 2. The summed E-state index contributed by atoms with van der Waals surface area (Å²) < 4.78 is 29.0.